The molecule has 0 fully saturated rings. The average molecular weight is 722 g/mol. The molecule has 0 atom stereocenters. The molecule has 0 bridgehead atoms. The van der Waals surface area contributed by atoms with Gasteiger partial charge in [-0.15, -0.1) is 0 Å². The molecule has 0 aromatic carbocycles. The Hall–Kier alpha value is 0.0634. The molecule has 5 nitrogen and oxygen atoms in total. The van der Waals surface area contributed by atoms with Gasteiger partial charge in [-0.1, -0.05) is 79.1 Å². The molecule has 0 aromatic rings. The largest absolute Gasteiger partial charge is 3.00 e. The SMILES string of the molecule is CCCCCC[N+](CCCCCC)(CCCCCC)CCCCCC.O=[S-](=O)C(F)(F)F.O=[S-](=O)C(F)(F)F.[Ru+3]. The summed E-state index contributed by atoms with van der Waals surface area (Å²) >= 11 is 0. The van der Waals surface area contributed by atoms with Crippen molar-refractivity contribution in [1.29, 1.82) is 0 Å². The van der Waals surface area contributed by atoms with Gasteiger partial charge in [0.1, 0.15) is 0 Å². The van der Waals surface area contributed by atoms with Gasteiger partial charge in [0.2, 0.25) is 0 Å². The average Bonchev–Trinajstić information content (AvgIpc) is 2.84. The van der Waals surface area contributed by atoms with Gasteiger partial charge in [0.05, 0.1) is 26.2 Å². The standard InChI is InChI=1S/C24H52N.2CF3O2S.Ru/c1-5-9-13-17-21-25(22-18-14-10-6-2,23-19-15-11-7-3)24-20-16-12-8-4;2*2-1(3,4)7(5)6;/h5-24H2,1-4H3;;;/q+1;2*-1;+3. The number of hydrogen-bond acceptors (Lipinski definition) is 6. The second-order valence-corrected chi connectivity index (χ2v) is 11.7. The monoisotopic (exact) mass is 722 g/mol. The van der Waals surface area contributed by atoms with E-state index in [4.69, 9.17) is 16.8 Å². The second kappa shape index (κ2) is 29.1. The van der Waals surface area contributed by atoms with Crippen LogP contribution in [0.1, 0.15) is 130 Å². The Labute approximate surface area is 255 Å². The zero-order chi connectivity index (χ0) is 30.8. The maximum Gasteiger partial charge on any atom is 3.00 e. The molecule has 0 heterocycles. The molecule has 14 heteroatoms. The Morgan fingerprint density at radius 2 is 0.600 bits per heavy atom. The number of quaternary nitrogens is 1. The topological polar surface area (TPSA) is 68.3 Å². The molecule has 1 radical (unpaired) electrons. The molecule has 0 aliphatic heterocycles. The van der Waals surface area contributed by atoms with Crippen LogP contribution in [-0.2, 0) is 57.7 Å². The first-order valence-corrected chi connectivity index (χ1v) is 16.5. The van der Waals surface area contributed by atoms with Crippen molar-refractivity contribution in [3.05, 3.63) is 0 Å². The predicted molar refractivity (Wildman–Crippen MR) is 146 cm³/mol. The van der Waals surface area contributed by atoms with Gasteiger partial charge in [0.15, 0.2) is 0 Å². The number of nitrogens with zero attached hydrogens (tertiary/aromatic N) is 1. The molecule has 0 aliphatic rings. The molecular formula is C26H52F6NO4RuS2+2. The first-order chi connectivity index (χ1) is 18.1. The van der Waals surface area contributed by atoms with Gasteiger partial charge in [-0.2, -0.15) is 26.3 Å². The Morgan fingerprint density at radius 1 is 0.425 bits per heavy atom. The number of alkyl halides is 6. The van der Waals surface area contributed by atoms with E-state index in [1.165, 1.54) is 133 Å². The molecule has 0 amide bonds. The third-order valence-electron chi connectivity index (χ3n) is 6.32. The summed E-state index contributed by atoms with van der Waals surface area (Å²) in [6.45, 7) is 15.2. The van der Waals surface area contributed by atoms with E-state index in [1.807, 2.05) is 0 Å². The van der Waals surface area contributed by atoms with Crippen LogP contribution in [0.2, 0.25) is 0 Å². The molecule has 0 saturated heterocycles. The van der Waals surface area contributed by atoms with Crippen molar-refractivity contribution in [1.82, 2.24) is 0 Å². The van der Waals surface area contributed by atoms with Crippen LogP contribution < -0.4 is 0 Å². The smallest absolute Gasteiger partial charge is 0.416 e. The molecule has 0 N–H and O–H groups in total. The van der Waals surface area contributed by atoms with E-state index in [0.717, 1.165) is 0 Å². The number of hydrogen-bond donors (Lipinski definition) is 0. The molecule has 0 rings (SSSR count). The summed E-state index contributed by atoms with van der Waals surface area (Å²) in [5.74, 6) is 0. The minimum atomic E-state index is -5.08. The summed E-state index contributed by atoms with van der Waals surface area (Å²) in [6.07, 6.45) is 22.8. The fraction of sp³-hybridized carbons (Fsp3) is 1.00. The van der Waals surface area contributed by atoms with Crippen LogP contribution in [0.4, 0.5) is 26.3 Å². The van der Waals surface area contributed by atoms with Gasteiger partial charge < -0.3 is 21.3 Å². The van der Waals surface area contributed by atoms with Crippen molar-refractivity contribution in [3.8, 4) is 0 Å². The van der Waals surface area contributed by atoms with Crippen LogP contribution in [0.3, 0.4) is 0 Å². The Bertz CT molecular complexity index is 602. The summed E-state index contributed by atoms with van der Waals surface area (Å²) in [7, 11) is -7.87. The van der Waals surface area contributed by atoms with Crippen LogP contribution >= 0.6 is 0 Å². The van der Waals surface area contributed by atoms with Crippen LogP contribution in [0, 0.1) is 0 Å². The Kier molecular flexibility index (Phi) is 34.3. The van der Waals surface area contributed by atoms with Gasteiger partial charge in [-0.3, -0.25) is 0 Å². The molecule has 0 saturated carbocycles. The zero-order valence-electron chi connectivity index (χ0n) is 24.7. The van der Waals surface area contributed by atoms with Crippen molar-refractivity contribution < 1.29 is 67.1 Å². The summed E-state index contributed by atoms with van der Waals surface area (Å²) in [5.41, 5.74) is -10.2. The summed E-state index contributed by atoms with van der Waals surface area (Å²) in [5, 5.41) is 0. The van der Waals surface area contributed by atoms with Gasteiger partial charge in [-0.05, 0) is 51.4 Å². The fourth-order valence-electron chi connectivity index (χ4n) is 4.17. The second-order valence-electron chi connectivity index (χ2n) is 9.84. The van der Waals surface area contributed by atoms with Crippen molar-refractivity contribution >= 4 is 21.4 Å². The van der Waals surface area contributed by atoms with Gasteiger partial charge in [0, 0.05) is 21.4 Å². The summed E-state index contributed by atoms with van der Waals surface area (Å²) in [4.78, 5) is 0. The van der Waals surface area contributed by atoms with E-state index < -0.39 is 32.4 Å². The van der Waals surface area contributed by atoms with Gasteiger partial charge in [-0.25, -0.2) is 0 Å². The van der Waals surface area contributed by atoms with Crippen molar-refractivity contribution in [2.75, 3.05) is 26.2 Å². The van der Waals surface area contributed by atoms with E-state index in [1.54, 1.807) is 0 Å². The maximum atomic E-state index is 10.6. The first-order valence-electron chi connectivity index (χ1n) is 14.3. The summed E-state index contributed by atoms with van der Waals surface area (Å²) in [6, 6.07) is 0. The third kappa shape index (κ3) is 32.6. The van der Waals surface area contributed by atoms with Crippen molar-refractivity contribution in [2.45, 2.75) is 141 Å². The molecular weight excluding hydrogens is 669 g/mol. The summed E-state index contributed by atoms with van der Waals surface area (Å²) < 4.78 is 100. The van der Waals surface area contributed by atoms with Crippen molar-refractivity contribution in [2.24, 2.45) is 0 Å². The Morgan fingerprint density at radius 3 is 0.725 bits per heavy atom. The predicted octanol–water partition coefficient (Wildman–Crippen LogP) is 9.75. The zero-order valence-corrected chi connectivity index (χ0v) is 28.0. The first kappa shape index (κ1) is 47.0. The molecule has 0 unspecified atom stereocenters. The maximum absolute atomic E-state index is 10.6. The Balaban J connectivity index is -0.000000353. The number of halogens is 6. The van der Waals surface area contributed by atoms with E-state index in [-0.39, 0.29) is 19.5 Å². The fourth-order valence-corrected chi connectivity index (χ4v) is 4.17. The van der Waals surface area contributed by atoms with Crippen LogP contribution in [0.5, 0.6) is 0 Å². The molecule has 40 heavy (non-hydrogen) atoms. The molecule has 245 valence electrons. The van der Waals surface area contributed by atoms with E-state index in [0.29, 0.717) is 0 Å². The van der Waals surface area contributed by atoms with E-state index >= 15 is 0 Å². The van der Waals surface area contributed by atoms with Gasteiger partial charge in [0.25, 0.3) is 0 Å². The number of unbranched alkanes of at least 4 members (excludes halogenated alkanes) is 12. The van der Waals surface area contributed by atoms with Crippen LogP contribution in [-0.4, -0.2) is 41.7 Å². The normalized spacial score (nSPS) is 11.9. The van der Waals surface area contributed by atoms with E-state index in [9.17, 15) is 26.3 Å². The van der Waals surface area contributed by atoms with Crippen LogP contribution in [0.15, 0.2) is 0 Å². The van der Waals surface area contributed by atoms with E-state index in [2.05, 4.69) is 27.7 Å². The minimum Gasteiger partial charge on any atom is -0.416 e. The van der Waals surface area contributed by atoms with Crippen molar-refractivity contribution in [3.63, 3.8) is 0 Å². The molecule has 0 spiro atoms. The molecule has 0 aromatic heterocycles. The minimum absolute atomic E-state index is 0. The third-order valence-corrected chi connectivity index (χ3v) is 7.08. The number of rotatable bonds is 20. The van der Waals surface area contributed by atoms with Crippen LogP contribution in [0.25, 0.3) is 0 Å². The molecule has 0 aliphatic carbocycles. The van der Waals surface area contributed by atoms with Gasteiger partial charge >= 0.3 is 30.5 Å². The quantitative estimate of drug-likeness (QED) is 0.0413.